The molecular formula is C35H38F2N8O5. The molecule has 15 heteroatoms. The lowest BCUT2D eigenvalue weighted by atomic mass is 10.0. The molecule has 13 nitrogen and oxygen atoms in total. The summed E-state index contributed by atoms with van der Waals surface area (Å²) in [5, 5.41) is 18.2. The number of aliphatic hydroxyl groups excluding tert-OH is 1. The van der Waals surface area contributed by atoms with Crippen LogP contribution in [0.2, 0.25) is 0 Å². The maximum Gasteiger partial charge on any atom is 0.350 e. The van der Waals surface area contributed by atoms with Gasteiger partial charge in [0, 0.05) is 43.5 Å². The Morgan fingerprint density at radius 2 is 1.70 bits per heavy atom. The average molecular weight is 689 g/mol. The molecule has 4 atom stereocenters. The zero-order chi connectivity index (χ0) is 34.8. The van der Waals surface area contributed by atoms with E-state index in [4.69, 9.17) is 14.2 Å². The summed E-state index contributed by atoms with van der Waals surface area (Å²) in [6.45, 7) is 6.71. The lowest BCUT2D eigenvalue weighted by Gasteiger charge is -2.38. The molecule has 1 N–H and O–H groups in total. The van der Waals surface area contributed by atoms with Gasteiger partial charge in [-0.3, -0.25) is 0 Å². The number of ether oxygens (including phenoxy) is 3. The van der Waals surface area contributed by atoms with Crippen molar-refractivity contribution in [2.75, 3.05) is 49.2 Å². The van der Waals surface area contributed by atoms with E-state index in [-0.39, 0.29) is 31.0 Å². The second-order valence-electron chi connectivity index (χ2n) is 12.5. The summed E-state index contributed by atoms with van der Waals surface area (Å²) in [7, 11) is 0. The number of para-hydroxylation sites is 2. The number of hydrogen-bond acceptors (Lipinski definition) is 10. The molecule has 0 radical (unpaired) electrons. The third-order valence-electron chi connectivity index (χ3n) is 9.22. The summed E-state index contributed by atoms with van der Waals surface area (Å²) >= 11 is 0. The van der Waals surface area contributed by atoms with Crippen molar-refractivity contribution in [1.82, 2.24) is 29.1 Å². The highest BCUT2D eigenvalue weighted by Gasteiger charge is 2.46. The maximum absolute atomic E-state index is 15.0. The molecule has 2 fully saturated rings. The summed E-state index contributed by atoms with van der Waals surface area (Å²) < 4.78 is 51.7. The van der Waals surface area contributed by atoms with Gasteiger partial charge in [-0.1, -0.05) is 12.1 Å². The van der Waals surface area contributed by atoms with Gasteiger partial charge in [0.2, 0.25) is 5.79 Å². The van der Waals surface area contributed by atoms with Gasteiger partial charge in [-0.2, -0.15) is 10.2 Å². The van der Waals surface area contributed by atoms with E-state index in [1.807, 2.05) is 48.5 Å². The molecular weight excluding hydrogens is 650 g/mol. The summed E-state index contributed by atoms with van der Waals surface area (Å²) in [5.74, 6) is -2.33. The summed E-state index contributed by atoms with van der Waals surface area (Å²) in [6.07, 6.45) is 3.07. The molecule has 5 aromatic rings. The predicted octanol–water partition coefficient (Wildman–Crippen LogP) is 3.52. The average Bonchev–Trinajstić information content (AvgIpc) is 3.88. The van der Waals surface area contributed by atoms with Gasteiger partial charge in [0.05, 0.1) is 30.1 Å². The van der Waals surface area contributed by atoms with E-state index < -0.39 is 35.7 Å². The minimum absolute atomic E-state index is 0.0160. The smallest absolute Gasteiger partial charge is 0.350 e. The summed E-state index contributed by atoms with van der Waals surface area (Å²) in [5.41, 5.74) is 2.45. The van der Waals surface area contributed by atoms with Crippen molar-refractivity contribution in [2.24, 2.45) is 0 Å². The lowest BCUT2D eigenvalue weighted by molar-refractivity contribution is -0.192. The zero-order valence-electron chi connectivity index (χ0n) is 27.7. The molecule has 2 aliphatic heterocycles. The Bertz CT molecular complexity index is 1960. The Kier molecular flexibility index (Phi) is 9.35. The van der Waals surface area contributed by atoms with E-state index in [9.17, 15) is 18.7 Å². The number of aromatic nitrogens is 6. The molecule has 1 unspecified atom stereocenters. The van der Waals surface area contributed by atoms with Crippen LogP contribution in [-0.4, -0.2) is 85.8 Å². The molecule has 0 aliphatic carbocycles. The third kappa shape index (κ3) is 6.71. The van der Waals surface area contributed by atoms with E-state index in [1.165, 1.54) is 45.0 Å². The van der Waals surface area contributed by atoms with Gasteiger partial charge in [0.25, 0.3) is 0 Å². The number of rotatable bonds is 11. The monoisotopic (exact) mass is 688 g/mol. The van der Waals surface area contributed by atoms with E-state index in [2.05, 4.69) is 25.0 Å². The lowest BCUT2D eigenvalue weighted by Crippen LogP contribution is -2.46. The number of hydrogen-bond donors (Lipinski definition) is 1. The van der Waals surface area contributed by atoms with Gasteiger partial charge in [0.15, 0.2) is 0 Å². The normalized spacial score (nSPS) is 20.6. The fourth-order valence-electron chi connectivity index (χ4n) is 6.31. The van der Waals surface area contributed by atoms with Gasteiger partial charge < -0.3 is 29.1 Å². The summed E-state index contributed by atoms with van der Waals surface area (Å²) in [4.78, 5) is 21.4. The van der Waals surface area contributed by atoms with Crippen LogP contribution in [0.3, 0.4) is 0 Å². The maximum atomic E-state index is 15.0. The quantitative estimate of drug-likeness (QED) is 0.221. The van der Waals surface area contributed by atoms with Crippen LogP contribution in [0.1, 0.15) is 25.5 Å². The molecule has 0 saturated carbocycles. The molecule has 7 rings (SSSR count). The highest BCUT2D eigenvalue weighted by atomic mass is 19.1. The van der Waals surface area contributed by atoms with Crippen LogP contribution in [0.4, 0.5) is 20.2 Å². The molecule has 0 spiro atoms. The third-order valence-corrected chi connectivity index (χ3v) is 9.22. The van der Waals surface area contributed by atoms with Gasteiger partial charge >= 0.3 is 5.69 Å². The molecule has 50 heavy (non-hydrogen) atoms. The largest absolute Gasteiger partial charge is 0.489 e. The number of anilines is 2. The predicted molar refractivity (Wildman–Crippen MR) is 179 cm³/mol. The number of nitrogens with zero attached hydrogens (tertiary/aromatic N) is 8. The first-order valence-corrected chi connectivity index (χ1v) is 16.5. The topological polar surface area (TPSA) is 125 Å². The molecule has 4 heterocycles. The summed E-state index contributed by atoms with van der Waals surface area (Å²) in [6, 6.07) is 18.4. The van der Waals surface area contributed by atoms with Gasteiger partial charge in [-0.05, 0) is 62.4 Å². The van der Waals surface area contributed by atoms with Crippen LogP contribution in [0, 0.1) is 11.6 Å². The molecule has 2 aliphatic rings. The standard InChI is InChI=1S/C35H38F2N8O5/c1-24(25(2)46)45-34(47)44(23-40-45)28-10-8-27(9-11-28)41-13-15-42(16-14-41)32-5-3-4-6-33(32)48-18-29-19-49-35(50-29,20-43-22-38-21-39-43)30-12-7-26(36)17-31(30)37/h3-12,17,21-25,29,46H,13-16,18-20H2,1-2H3/t24?,25-,29-,35-/m0/s1. The number of benzene rings is 3. The first kappa shape index (κ1) is 33.4. The highest BCUT2D eigenvalue weighted by molar-refractivity contribution is 5.60. The minimum Gasteiger partial charge on any atom is -0.489 e. The van der Waals surface area contributed by atoms with Gasteiger partial charge in [-0.15, -0.1) is 0 Å². The van der Waals surface area contributed by atoms with Crippen LogP contribution < -0.4 is 20.2 Å². The van der Waals surface area contributed by atoms with Crippen molar-refractivity contribution < 1.29 is 28.1 Å². The van der Waals surface area contributed by atoms with E-state index in [1.54, 1.807) is 13.8 Å². The van der Waals surface area contributed by atoms with Crippen molar-refractivity contribution in [1.29, 1.82) is 0 Å². The van der Waals surface area contributed by atoms with Gasteiger partial charge in [0.1, 0.15) is 55.6 Å². The van der Waals surface area contributed by atoms with Crippen LogP contribution in [0.5, 0.6) is 5.75 Å². The van der Waals surface area contributed by atoms with Gasteiger partial charge in [-0.25, -0.2) is 32.5 Å². The second-order valence-corrected chi connectivity index (χ2v) is 12.5. The van der Waals surface area contributed by atoms with Crippen molar-refractivity contribution >= 4 is 11.4 Å². The molecule has 0 bridgehead atoms. The first-order chi connectivity index (χ1) is 24.2. The van der Waals surface area contributed by atoms with Crippen molar-refractivity contribution in [2.45, 2.75) is 44.4 Å². The Labute approximate surface area is 286 Å². The van der Waals surface area contributed by atoms with Crippen LogP contribution >= 0.6 is 0 Å². The van der Waals surface area contributed by atoms with Crippen LogP contribution in [0.25, 0.3) is 5.69 Å². The van der Waals surface area contributed by atoms with E-state index in [0.717, 1.165) is 43.6 Å². The van der Waals surface area contributed by atoms with E-state index in [0.29, 0.717) is 11.4 Å². The fraction of sp³-hybridized carbons (Fsp3) is 0.371. The second kappa shape index (κ2) is 14.0. The molecule has 3 aromatic carbocycles. The number of halogens is 2. The van der Waals surface area contributed by atoms with Crippen molar-refractivity contribution in [3.8, 4) is 11.4 Å². The highest BCUT2D eigenvalue weighted by Crippen LogP contribution is 2.38. The number of aliphatic hydroxyl groups is 1. The van der Waals surface area contributed by atoms with Crippen molar-refractivity contribution in [3.63, 3.8) is 0 Å². The first-order valence-electron chi connectivity index (χ1n) is 16.5. The Hall–Kier alpha value is -5.12. The van der Waals surface area contributed by atoms with E-state index >= 15 is 0 Å². The number of piperazine rings is 1. The molecule has 0 amide bonds. The Morgan fingerprint density at radius 1 is 0.960 bits per heavy atom. The SMILES string of the molecule is CC([C@H](C)O)n1ncn(-c2ccc(N3CCN(c4ccccc4OC[C@H]4CO[C@](Cn5cncn5)(c5ccc(F)cc5F)O4)CC3)cc2)c1=O. The minimum atomic E-state index is -1.54. The zero-order valence-corrected chi connectivity index (χ0v) is 27.7. The van der Waals surface area contributed by atoms with Crippen molar-refractivity contribution in [3.05, 3.63) is 113 Å². The fourth-order valence-corrected chi connectivity index (χ4v) is 6.31. The molecule has 262 valence electrons. The van der Waals surface area contributed by atoms with Crippen LogP contribution in [0.15, 0.2) is 90.5 Å². The molecule has 2 saturated heterocycles. The van der Waals surface area contributed by atoms with Crippen LogP contribution in [-0.2, 0) is 21.8 Å². The molecule has 2 aromatic heterocycles. The Balaban J connectivity index is 0.983. The Morgan fingerprint density at radius 3 is 2.42 bits per heavy atom.